The van der Waals surface area contributed by atoms with E-state index < -0.39 is 113 Å². The first-order chi connectivity index (χ1) is 32.0. The average Bonchev–Trinajstić information content (AvgIpc) is 3.29. The predicted molar refractivity (Wildman–Crippen MR) is 240 cm³/mol. The van der Waals surface area contributed by atoms with Gasteiger partial charge in [-0.25, -0.2) is 9.59 Å². The standard InChI is InChI=1S/C47H51NO14.C4H8O2/c1-25-31(60-43(56)36(52)35(28-16-10-7-11-17-28)48-41(54)29-18-12-8-13-19-29)23-47(57)40(61-42(55)30-20-14-9-15-21-30)38-45(6,32(51)22-33-46(38,24-58-33)62-27(3)50)39(53)37(59-26(2)49)34(25)44(47,4)5;1-3-6-4(2)5/h7-21,31-33,35-38,40,51-52,57H,22-24H2,1-6H3,(H,48,54);3H2,1-2H3/t31-,32-,33+,35-,36+,37+,38-,40-,45+,46-,47+;/m0./s1. The van der Waals surface area contributed by atoms with Crippen LogP contribution in [0.15, 0.2) is 102 Å². The number of nitrogens with one attached hydrogen (secondary N) is 1. The van der Waals surface area contributed by atoms with Crippen LogP contribution in [0.5, 0.6) is 0 Å². The van der Waals surface area contributed by atoms with Crippen molar-refractivity contribution >= 4 is 41.5 Å². The van der Waals surface area contributed by atoms with Crippen molar-refractivity contribution in [3.63, 3.8) is 0 Å². The Labute approximate surface area is 394 Å². The Hall–Kier alpha value is -6.27. The Bertz CT molecular complexity index is 2420. The van der Waals surface area contributed by atoms with Crippen LogP contribution in [0.1, 0.15) is 101 Å². The molecule has 3 aromatic rings. The van der Waals surface area contributed by atoms with Gasteiger partial charge in [0.2, 0.25) is 0 Å². The van der Waals surface area contributed by atoms with Crippen molar-refractivity contribution in [2.24, 2.45) is 16.7 Å². The SMILES string of the molecule is CC(=O)O[C@H]1C(=O)[C@@]2(C)[C@H]([C@H](OC(=O)c3ccccc3)[C@]3(O)C[C@H](OC(=O)[C@H](O)[C@@H](NC(=O)c4ccccc4)c4ccccc4)C(C)=C1C3(C)C)[C@]1(OC(C)=O)CO[C@@H]1C[C@@H]2O.CCOC(C)=O. The number of carbonyl (C=O) groups excluding carboxylic acids is 7. The molecule has 2 saturated carbocycles. The summed E-state index contributed by atoms with van der Waals surface area (Å²) in [6, 6.07) is 22.9. The fourth-order valence-corrected chi connectivity index (χ4v) is 10.4. The van der Waals surface area contributed by atoms with Gasteiger partial charge in [-0.1, -0.05) is 80.6 Å². The summed E-state index contributed by atoms with van der Waals surface area (Å²) in [6.45, 7) is 11.6. The molecule has 1 aliphatic heterocycles. The lowest BCUT2D eigenvalue weighted by Crippen LogP contribution is -2.82. The summed E-state index contributed by atoms with van der Waals surface area (Å²) in [7, 11) is 0. The number of fused-ring (bicyclic) bond motifs is 5. The largest absolute Gasteiger partial charge is 0.466 e. The number of ether oxygens (including phenoxy) is 6. The highest BCUT2D eigenvalue weighted by atomic mass is 16.6. The van der Waals surface area contributed by atoms with Gasteiger partial charge in [-0.3, -0.25) is 24.0 Å². The summed E-state index contributed by atoms with van der Waals surface area (Å²) in [6.07, 6.45) is -10.5. The number of rotatable bonds is 11. The molecule has 2 bridgehead atoms. The van der Waals surface area contributed by atoms with Gasteiger partial charge < -0.3 is 49.1 Å². The lowest BCUT2D eigenvalue weighted by molar-refractivity contribution is -0.346. The molecule has 1 heterocycles. The Kier molecular flexibility index (Phi) is 15.1. The van der Waals surface area contributed by atoms with Crippen LogP contribution >= 0.6 is 0 Å². The van der Waals surface area contributed by atoms with Gasteiger partial charge in [-0.05, 0) is 61.7 Å². The van der Waals surface area contributed by atoms with E-state index in [0.717, 1.165) is 13.8 Å². The second kappa shape index (κ2) is 20.1. The van der Waals surface area contributed by atoms with E-state index in [0.29, 0.717) is 12.2 Å². The van der Waals surface area contributed by atoms with Crippen LogP contribution in [0, 0.1) is 16.7 Å². The second-order valence-corrected chi connectivity index (χ2v) is 18.3. The van der Waals surface area contributed by atoms with Crippen LogP contribution in [-0.2, 0) is 52.4 Å². The molecule has 0 aromatic heterocycles. The molecule has 17 heteroatoms. The molecule has 3 aromatic carbocycles. The van der Waals surface area contributed by atoms with E-state index in [9.17, 15) is 44.1 Å². The zero-order valence-electron chi connectivity index (χ0n) is 39.3. The zero-order chi connectivity index (χ0) is 49.9. The number of Topliss-reactive ketones (excluding diaryl/α,β-unsaturated/α-hetero) is 1. The summed E-state index contributed by atoms with van der Waals surface area (Å²) in [4.78, 5) is 93.3. The van der Waals surface area contributed by atoms with Crippen molar-refractivity contribution in [2.75, 3.05) is 13.2 Å². The third-order valence-corrected chi connectivity index (χ3v) is 13.8. The van der Waals surface area contributed by atoms with Crippen LogP contribution in [0.3, 0.4) is 0 Å². The molecule has 17 nitrogen and oxygen atoms in total. The molecule has 1 amide bonds. The minimum absolute atomic E-state index is 0.00289. The van der Waals surface area contributed by atoms with E-state index in [1.807, 2.05) is 0 Å². The normalized spacial score (nSPS) is 29.7. The van der Waals surface area contributed by atoms with E-state index >= 15 is 4.79 Å². The van der Waals surface area contributed by atoms with E-state index in [1.165, 1.54) is 32.9 Å². The summed E-state index contributed by atoms with van der Waals surface area (Å²) in [5, 5.41) is 40.2. The molecule has 68 heavy (non-hydrogen) atoms. The molecule has 4 aliphatic rings. The molecule has 0 radical (unpaired) electrons. The number of hydrogen-bond acceptors (Lipinski definition) is 16. The Morgan fingerprint density at radius 2 is 1.38 bits per heavy atom. The number of aliphatic hydroxyl groups is 3. The maximum absolute atomic E-state index is 15.5. The van der Waals surface area contributed by atoms with Gasteiger partial charge >= 0.3 is 29.8 Å². The molecule has 0 unspecified atom stereocenters. The maximum atomic E-state index is 15.5. The van der Waals surface area contributed by atoms with Gasteiger partial charge in [0.15, 0.2) is 23.6 Å². The molecule has 4 N–H and O–H groups in total. The quantitative estimate of drug-likeness (QED) is 0.119. The minimum atomic E-state index is -2.39. The average molecular weight is 942 g/mol. The Morgan fingerprint density at radius 1 is 0.809 bits per heavy atom. The van der Waals surface area contributed by atoms with Crippen molar-refractivity contribution in [1.29, 1.82) is 0 Å². The number of ketones is 1. The monoisotopic (exact) mass is 941 g/mol. The highest BCUT2D eigenvalue weighted by molar-refractivity contribution is 5.96. The van der Waals surface area contributed by atoms with E-state index in [-0.39, 0.29) is 41.3 Å². The van der Waals surface area contributed by atoms with Gasteiger partial charge in [0.25, 0.3) is 5.91 Å². The number of amides is 1. The molecule has 0 spiro atoms. The number of esters is 5. The maximum Gasteiger partial charge on any atom is 0.338 e. The summed E-state index contributed by atoms with van der Waals surface area (Å²) < 4.78 is 34.7. The molecule has 3 aliphatic carbocycles. The van der Waals surface area contributed by atoms with E-state index in [1.54, 1.807) is 99.6 Å². The van der Waals surface area contributed by atoms with Crippen molar-refractivity contribution < 1.29 is 77.3 Å². The first-order valence-electron chi connectivity index (χ1n) is 22.4. The van der Waals surface area contributed by atoms with Gasteiger partial charge in [0, 0.05) is 44.6 Å². The highest BCUT2D eigenvalue weighted by Crippen LogP contribution is 2.64. The lowest BCUT2D eigenvalue weighted by atomic mass is 9.44. The van der Waals surface area contributed by atoms with Crippen LogP contribution in [-0.4, -0.2) is 118 Å². The minimum Gasteiger partial charge on any atom is -0.466 e. The van der Waals surface area contributed by atoms with Crippen molar-refractivity contribution in [3.05, 3.63) is 119 Å². The van der Waals surface area contributed by atoms with Gasteiger partial charge in [-0.2, -0.15) is 0 Å². The third-order valence-electron chi connectivity index (χ3n) is 13.8. The van der Waals surface area contributed by atoms with Crippen LogP contribution in [0.25, 0.3) is 0 Å². The topological polar surface area (TPSA) is 248 Å². The third kappa shape index (κ3) is 9.44. The summed E-state index contributed by atoms with van der Waals surface area (Å²) in [5.74, 6) is -7.05. The zero-order valence-corrected chi connectivity index (χ0v) is 39.3. The van der Waals surface area contributed by atoms with Crippen molar-refractivity contribution in [1.82, 2.24) is 5.32 Å². The Morgan fingerprint density at radius 3 is 1.88 bits per heavy atom. The van der Waals surface area contributed by atoms with Gasteiger partial charge in [-0.15, -0.1) is 0 Å². The molecule has 3 fully saturated rings. The lowest BCUT2D eigenvalue weighted by Gasteiger charge is -2.67. The number of hydrogen-bond donors (Lipinski definition) is 4. The first kappa shape index (κ1) is 51.1. The number of aliphatic hydroxyl groups excluding tert-OH is 2. The van der Waals surface area contributed by atoms with Gasteiger partial charge in [0.05, 0.1) is 42.3 Å². The van der Waals surface area contributed by atoms with Crippen molar-refractivity contribution in [2.45, 2.75) is 122 Å². The fraction of sp³-hybridized carbons (Fsp3) is 0.471. The highest BCUT2D eigenvalue weighted by Gasteiger charge is 2.78. The van der Waals surface area contributed by atoms with Crippen LogP contribution < -0.4 is 5.32 Å². The van der Waals surface area contributed by atoms with E-state index in [4.69, 9.17) is 23.7 Å². The fourth-order valence-electron chi connectivity index (χ4n) is 10.4. The van der Waals surface area contributed by atoms with Crippen LogP contribution in [0.2, 0.25) is 0 Å². The number of carbonyl (C=O) groups is 7. The molecule has 7 rings (SSSR count). The van der Waals surface area contributed by atoms with Crippen LogP contribution in [0.4, 0.5) is 0 Å². The summed E-state index contributed by atoms with van der Waals surface area (Å²) in [5.41, 5.74) is -7.02. The molecule has 11 atom stereocenters. The first-order valence-corrected chi connectivity index (χ1v) is 22.4. The predicted octanol–water partition coefficient (Wildman–Crippen LogP) is 4.31. The molecule has 364 valence electrons. The van der Waals surface area contributed by atoms with Gasteiger partial charge in [0.1, 0.15) is 23.9 Å². The van der Waals surface area contributed by atoms with E-state index in [2.05, 4.69) is 10.1 Å². The smallest absolute Gasteiger partial charge is 0.338 e. The molecular weight excluding hydrogens is 883 g/mol. The summed E-state index contributed by atoms with van der Waals surface area (Å²) >= 11 is 0. The second-order valence-electron chi connectivity index (χ2n) is 18.3. The Balaban J connectivity index is 0.00000119. The van der Waals surface area contributed by atoms with Crippen molar-refractivity contribution in [3.8, 4) is 0 Å². The number of benzene rings is 3. The molecular formula is C51H59NO16. The molecule has 1 saturated heterocycles.